The lowest BCUT2D eigenvalue weighted by Crippen LogP contribution is -2.08. The van der Waals surface area contributed by atoms with Gasteiger partial charge in [-0.15, -0.1) is 0 Å². The second-order valence-corrected chi connectivity index (χ2v) is 6.98. The first-order chi connectivity index (χ1) is 11.4. The van der Waals surface area contributed by atoms with Gasteiger partial charge in [0, 0.05) is 12.6 Å². The van der Waals surface area contributed by atoms with Crippen LogP contribution in [0.2, 0.25) is 0 Å². The molecular weight excluding hydrogens is 320 g/mol. The van der Waals surface area contributed by atoms with Crippen molar-refractivity contribution in [2.45, 2.75) is 32.7 Å². The van der Waals surface area contributed by atoms with E-state index in [0.717, 1.165) is 32.7 Å². The molecule has 6 heteroatoms. The predicted octanol–water partition coefficient (Wildman–Crippen LogP) is 3.57. The van der Waals surface area contributed by atoms with E-state index in [2.05, 4.69) is 35.8 Å². The number of ketones is 1. The quantitative estimate of drug-likeness (QED) is 0.413. The van der Waals surface area contributed by atoms with Crippen molar-refractivity contribution in [1.82, 2.24) is 19.7 Å². The van der Waals surface area contributed by atoms with E-state index in [1.54, 1.807) is 10.9 Å². The number of nitrogens with zero attached hydrogens (tertiary/aromatic N) is 4. The Morgan fingerprint density at radius 1 is 1.12 bits per heavy atom. The molecule has 0 N–H and O–H groups in total. The molecule has 0 fully saturated rings. The fourth-order valence-electron chi connectivity index (χ4n) is 2.77. The molecule has 0 saturated carbocycles. The van der Waals surface area contributed by atoms with Gasteiger partial charge in [-0.25, -0.2) is 9.97 Å². The van der Waals surface area contributed by atoms with Crippen LogP contribution >= 0.6 is 11.8 Å². The summed E-state index contributed by atoms with van der Waals surface area (Å²) in [7, 11) is 1.84. The van der Waals surface area contributed by atoms with Gasteiger partial charge in [0.1, 0.15) is 11.4 Å². The molecule has 0 saturated heterocycles. The maximum absolute atomic E-state index is 12.7. The summed E-state index contributed by atoms with van der Waals surface area (Å²) in [5.41, 5.74) is 6.25. The second kappa shape index (κ2) is 6.36. The molecule has 0 spiro atoms. The van der Waals surface area contributed by atoms with Crippen molar-refractivity contribution in [1.29, 1.82) is 0 Å². The van der Waals surface area contributed by atoms with Crippen LogP contribution in [-0.4, -0.2) is 31.3 Å². The van der Waals surface area contributed by atoms with Crippen LogP contribution in [0.5, 0.6) is 0 Å². The molecular formula is C18H20N4OS. The van der Waals surface area contributed by atoms with Crippen molar-refractivity contribution in [3.05, 3.63) is 46.4 Å². The molecule has 24 heavy (non-hydrogen) atoms. The number of hydrogen-bond acceptors (Lipinski definition) is 5. The van der Waals surface area contributed by atoms with E-state index in [4.69, 9.17) is 0 Å². The van der Waals surface area contributed by atoms with Crippen molar-refractivity contribution in [2.24, 2.45) is 7.05 Å². The van der Waals surface area contributed by atoms with Gasteiger partial charge in [0.2, 0.25) is 0 Å². The Morgan fingerprint density at radius 2 is 1.88 bits per heavy atom. The largest absolute Gasteiger partial charge is 0.293 e. The van der Waals surface area contributed by atoms with Crippen molar-refractivity contribution < 1.29 is 4.79 Å². The Hall–Kier alpha value is -2.21. The zero-order chi connectivity index (χ0) is 17.4. The topological polar surface area (TPSA) is 60.7 Å². The average Bonchev–Trinajstić information content (AvgIpc) is 2.96. The third-order valence-corrected chi connectivity index (χ3v) is 5.62. The van der Waals surface area contributed by atoms with Crippen molar-refractivity contribution in [2.75, 3.05) is 5.75 Å². The Labute approximate surface area is 145 Å². The molecule has 0 bridgehead atoms. The van der Waals surface area contributed by atoms with Gasteiger partial charge in [0.15, 0.2) is 11.4 Å². The number of fused-ring (bicyclic) bond motifs is 1. The van der Waals surface area contributed by atoms with Crippen molar-refractivity contribution >= 4 is 28.6 Å². The highest BCUT2D eigenvalue weighted by atomic mass is 32.2. The fraction of sp³-hybridized carbons (Fsp3) is 0.333. The number of carbonyl (C=O) groups is 1. The molecule has 1 aromatic carbocycles. The van der Waals surface area contributed by atoms with Crippen LogP contribution in [0, 0.1) is 27.7 Å². The molecule has 0 radical (unpaired) electrons. The fourth-order valence-corrected chi connectivity index (χ4v) is 3.61. The van der Waals surface area contributed by atoms with E-state index in [9.17, 15) is 4.79 Å². The minimum absolute atomic E-state index is 0.124. The van der Waals surface area contributed by atoms with E-state index >= 15 is 0 Å². The van der Waals surface area contributed by atoms with Gasteiger partial charge in [-0.3, -0.25) is 9.48 Å². The van der Waals surface area contributed by atoms with E-state index < -0.39 is 0 Å². The van der Waals surface area contributed by atoms with E-state index in [1.807, 2.05) is 20.0 Å². The first-order valence-corrected chi connectivity index (χ1v) is 8.74. The Bertz CT molecular complexity index is 946. The van der Waals surface area contributed by atoms with Crippen molar-refractivity contribution in [3.8, 4) is 0 Å². The molecule has 5 nitrogen and oxygen atoms in total. The number of rotatable bonds is 4. The minimum atomic E-state index is 0.124. The number of hydrogen-bond donors (Lipinski definition) is 0. The number of benzene rings is 1. The SMILES string of the molecule is Cc1cc(C(=O)CSc2ncnc3c2cnn3C)c(C)c(C)c1C. The molecule has 0 amide bonds. The van der Waals surface area contributed by atoms with Gasteiger partial charge >= 0.3 is 0 Å². The molecule has 0 aliphatic rings. The first-order valence-electron chi connectivity index (χ1n) is 7.76. The number of aryl methyl sites for hydroxylation is 2. The Balaban J connectivity index is 1.86. The van der Waals surface area contributed by atoms with Crippen LogP contribution in [0.3, 0.4) is 0 Å². The maximum atomic E-state index is 12.7. The Kier molecular flexibility index (Phi) is 4.41. The Morgan fingerprint density at radius 3 is 2.62 bits per heavy atom. The lowest BCUT2D eigenvalue weighted by molar-refractivity contribution is 0.102. The molecule has 0 aliphatic heterocycles. The highest BCUT2D eigenvalue weighted by molar-refractivity contribution is 8.00. The van der Waals surface area contributed by atoms with Crippen LogP contribution in [-0.2, 0) is 7.05 Å². The molecule has 0 aliphatic carbocycles. The van der Waals surface area contributed by atoms with Crippen LogP contribution in [0.4, 0.5) is 0 Å². The number of thioether (sulfide) groups is 1. The highest BCUT2D eigenvalue weighted by Gasteiger charge is 2.16. The van der Waals surface area contributed by atoms with E-state index in [-0.39, 0.29) is 5.78 Å². The summed E-state index contributed by atoms with van der Waals surface area (Å²) in [6.07, 6.45) is 3.26. The molecule has 0 atom stereocenters. The number of Topliss-reactive ketones (excluding diaryl/α,β-unsaturated/α-hetero) is 1. The van der Waals surface area contributed by atoms with Crippen molar-refractivity contribution in [3.63, 3.8) is 0 Å². The normalized spacial score (nSPS) is 11.2. The standard InChI is InChI=1S/C18H20N4OS/c1-10-6-14(13(4)12(3)11(10)2)16(23)8-24-18-15-7-21-22(5)17(15)19-9-20-18/h6-7,9H,8H2,1-5H3. The lowest BCUT2D eigenvalue weighted by Gasteiger charge is -2.13. The number of aromatic nitrogens is 4. The summed E-state index contributed by atoms with van der Waals surface area (Å²) in [6, 6.07) is 2.00. The van der Waals surface area contributed by atoms with Gasteiger partial charge in [-0.2, -0.15) is 5.10 Å². The minimum Gasteiger partial charge on any atom is -0.293 e. The summed E-state index contributed by atoms with van der Waals surface area (Å²) in [5.74, 6) is 0.475. The molecule has 3 rings (SSSR count). The summed E-state index contributed by atoms with van der Waals surface area (Å²) in [5, 5.41) is 5.88. The second-order valence-electron chi connectivity index (χ2n) is 6.01. The smallest absolute Gasteiger partial charge is 0.173 e. The van der Waals surface area contributed by atoms with Crippen LogP contribution in [0.25, 0.3) is 11.0 Å². The molecule has 0 unspecified atom stereocenters. The van der Waals surface area contributed by atoms with Crippen LogP contribution < -0.4 is 0 Å². The van der Waals surface area contributed by atoms with Gasteiger partial charge in [-0.05, 0) is 56.0 Å². The van der Waals surface area contributed by atoms with Crippen LogP contribution in [0.15, 0.2) is 23.6 Å². The maximum Gasteiger partial charge on any atom is 0.173 e. The predicted molar refractivity (Wildman–Crippen MR) is 96.7 cm³/mol. The average molecular weight is 340 g/mol. The zero-order valence-corrected chi connectivity index (χ0v) is 15.4. The molecule has 124 valence electrons. The highest BCUT2D eigenvalue weighted by Crippen LogP contribution is 2.27. The first kappa shape index (κ1) is 16.6. The molecule has 3 aromatic rings. The lowest BCUT2D eigenvalue weighted by atomic mass is 9.93. The van der Waals surface area contributed by atoms with Gasteiger partial charge in [0.25, 0.3) is 0 Å². The molecule has 2 heterocycles. The summed E-state index contributed by atoms with van der Waals surface area (Å²) >= 11 is 1.44. The number of carbonyl (C=O) groups excluding carboxylic acids is 1. The summed E-state index contributed by atoms with van der Waals surface area (Å²) < 4.78 is 1.71. The monoisotopic (exact) mass is 340 g/mol. The van der Waals surface area contributed by atoms with Crippen LogP contribution in [0.1, 0.15) is 32.6 Å². The van der Waals surface area contributed by atoms with Gasteiger partial charge < -0.3 is 0 Å². The summed E-state index contributed by atoms with van der Waals surface area (Å²) in [4.78, 5) is 21.2. The van der Waals surface area contributed by atoms with E-state index in [1.165, 1.54) is 29.2 Å². The summed E-state index contributed by atoms with van der Waals surface area (Å²) in [6.45, 7) is 8.24. The van der Waals surface area contributed by atoms with Gasteiger partial charge in [-0.1, -0.05) is 11.8 Å². The zero-order valence-electron chi connectivity index (χ0n) is 14.5. The molecule has 2 aromatic heterocycles. The van der Waals surface area contributed by atoms with Gasteiger partial charge in [0.05, 0.1) is 17.3 Å². The third kappa shape index (κ3) is 2.82. The van der Waals surface area contributed by atoms with E-state index in [0.29, 0.717) is 5.75 Å². The third-order valence-electron chi connectivity index (χ3n) is 4.61.